The molecule has 1 heterocycles. The van der Waals surface area contributed by atoms with Crippen LogP contribution in [-0.4, -0.2) is 40.8 Å². The van der Waals surface area contributed by atoms with E-state index < -0.39 is 11.7 Å². The van der Waals surface area contributed by atoms with Crippen molar-refractivity contribution in [1.29, 1.82) is 0 Å². The van der Waals surface area contributed by atoms with Gasteiger partial charge in [0.1, 0.15) is 6.04 Å². The Hall–Kier alpha value is -2.96. The molecule has 1 aromatic carbocycles. The Balaban J connectivity index is 2.11. The summed E-state index contributed by atoms with van der Waals surface area (Å²) >= 11 is 0. The molecule has 0 radical (unpaired) electrons. The summed E-state index contributed by atoms with van der Waals surface area (Å²) in [6, 6.07) is 8.41. The topological polar surface area (TPSA) is 95.2 Å². The molecule has 0 aliphatic heterocycles. The first-order valence-electron chi connectivity index (χ1n) is 8.41. The second kappa shape index (κ2) is 8.42. The molecular weight excluding hydrogens is 332 g/mol. The lowest BCUT2D eigenvalue weighted by atomic mass is 10.0. The number of aromatic amines is 1. The maximum Gasteiger partial charge on any atom is 0.345 e. The molecule has 0 saturated carbocycles. The summed E-state index contributed by atoms with van der Waals surface area (Å²) in [5.74, 6) is -0.429. The Labute approximate surface area is 152 Å². The van der Waals surface area contributed by atoms with Gasteiger partial charge in [-0.3, -0.25) is 9.59 Å². The summed E-state index contributed by atoms with van der Waals surface area (Å²) in [6.07, 6.45) is 0.629. The molecule has 0 bridgehead atoms. The van der Waals surface area contributed by atoms with Crippen molar-refractivity contribution >= 4 is 11.8 Å². The number of rotatable bonds is 6. The molecule has 0 fully saturated rings. The molecule has 0 aliphatic carbocycles. The molecule has 1 atom stereocenters. The van der Waals surface area contributed by atoms with Gasteiger partial charge >= 0.3 is 5.69 Å². The van der Waals surface area contributed by atoms with Crippen molar-refractivity contribution in [3.8, 4) is 0 Å². The molecule has 26 heavy (non-hydrogen) atoms. The zero-order chi connectivity index (χ0) is 19.3. The third-order valence-electron chi connectivity index (χ3n) is 4.18. The number of nitrogens with one attached hydrogen (secondary N) is 2. The van der Waals surface area contributed by atoms with E-state index in [1.807, 2.05) is 30.3 Å². The van der Waals surface area contributed by atoms with E-state index in [1.165, 1.54) is 4.90 Å². The van der Waals surface area contributed by atoms with Gasteiger partial charge in [-0.2, -0.15) is 4.98 Å². The van der Waals surface area contributed by atoms with Gasteiger partial charge in [0.25, 0.3) is 0 Å². The number of amides is 2. The van der Waals surface area contributed by atoms with Gasteiger partial charge in [-0.25, -0.2) is 4.79 Å². The highest BCUT2D eigenvalue weighted by atomic mass is 16.2. The van der Waals surface area contributed by atoms with Crippen molar-refractivity contribution < 1.29 is 9.59 Å². The summed E-state index contributed by atoms with van der Waals surface area (Å²) in [4.78, 5) is 44.2. The molecule has 2 N–H and O–H groups in total. The number of hydrogen-bond donors (Lipinski definition) is 2. The maximum absolute atomic E-state index is 12.5. The summed E-state index contributed by atoms with van der Waals surface area (Å²) in [5.41, 5.74) is 2.50. The lowest BCUT2D eigenvalue weighted by molar-refractivity contribution is -0.134. The van der Waals surface area contributed by atoms with Crippen molar-refractivity contribution in [3.05, 3.63) is 63.3 Å². The highest BCUT2D eigenvalue weighted by molar-refractivity contribution is 5.88. The van der Waals surface area contributed by atoms with Crippen molar-refractivity contribution in [2.45, 2.75) is 32.7 Å². The number of aryl methyl sites for hydroxylation is 2. The largest absolute Gasteiger partial charge is 0.347 e. The smallest absolute Gasteiger partial charge is 0.345 e. The molecule has 138 valence electrons. The quantitative estimate of drug-likeness (QED) is 0.815. The Bertz CT molecular complexity index is 817. The molecule has 0 saturated heterocycles. The highest BCUT2D eigenvalue weighted by Crippen LogP contribution is 2.16. The Morgan fingerprint density at radius 1 is 1.19 bits per heavy atom. The van der Waals surface area contributed by atoms with Gasteiger partial charge in [-0.05, 0) is 31.4 Å². The van der Waals surface area contributed by atoms with Crippen LogP contribution < -0.4 is 11.0 Å². The second-order valence-corrected chi connectivity index (χ2v) is 6.37. The number of aromatic nitrogens is 2. The van der Waals surface area contributed by atoms with Gasteiger partial charge in [0.15, 0.2) is 0 Å². The van der Waals surface area contributed by atoms with Gasteiger partial charge in [-0.1, -0.05) is 30.3 Å². The Kier molecular flexibility index (Phi) is 6.27. The highest BCUT2D eigenvalue weighted by Gasteiger charge is 2.24. The van der Waals surface area contributed by atoms with Crippen LogP contribution in [0.5, 0.6) is 0 Å². The predicted octanol–water partition coefficient (Wildman–Crippen LogP) is 1.27. The van der Waals surface area contributed by atoms with Crippen molar-refractivity contribution in [3.63, 3.8) is 0 Å². The number of H-pyrrole nitrogens is 1. The van der Waals surface area contributed by atoms with E-state index in [1.54, 1.807) is 27.9 Å². The monoisotopic (exact) mass is 356 g/mol. The third kappa shape index (κ3) is 4.78. The van der Waals surface area contributed by atoms with E-state index in [0.29, 0.717) is 17.8 Å². The van der Waals surface area contributed by atoms with E-state index >= 15 is 0 Å². The first kappa shape index (κ1) is 19.4. The fraction of sp³-hybridized carbons (Fsp3) is 0.368. The average Bonchev–Trinajstić information content (AvgIpc) is 2.58. The zero-order valence-corrected chi connectivity index (χ0v) is 15.5. The standard InChI is InChI=1S/C19H24N4O3/c1-12-15(13(2)21-19(26)20-12)10-11-16(24)22-17(18(25)23(3)4)14-8-6-5-7-9-14/h5-9,17H,10-11H2,1-4H3,(H,22,24)(H,20,21,26)/t17-/m0/s1. The first-order valence-corrected chi connectivity index (χ1v) is 8.41. The van der Waals surface area contributed by atoms with Crippen molar-refractivity contribution in [2.75, 3.05) is 14.1 Å². The molecule has 2 aromatic rings. The van der Waals surface area contributed by atoms with E-state index in [4.69, 9.17) is 0 Å². The van der Waals surface area contributed by atoms with Crippen LogP contribution in [0.25, 0.3) is 0 Å². The normalized spacial score (nSPS) is 11.7. The van der Waals surface area contributed by atoms with Crippen LogP contribution in [0.4, 0.5) is 0 Å². The lowest BCUT2D eigenvalue weighted by Gasteiger charge is -2.22. The number of benzene rings is 1. The van der Waals surface area contributed by atoms with Crippen LogP contribution in [0.1, 0.15) is 35.0 Å². The summed E-state index contributed by atoms with van der Waals surface area (Å²) in [5, 5.41) is 2.81. The first-order chi connectivity index (χ1) is 12.3. The van der Waals surface area contributed by atoms with E-state index in [2.05, 4.69) is 15.3 Å². The van der Waals surface area contributed by atoms with Crippen LogP contribution in [0.2, 0.25) is 0 Å². The molecular formula is C19H24N4O3. The minimum Gasteiger partial charge on any atom is -0.347 e. The molecule has 1 aromatic heterocycles. The minimum absolute atomic E-state index is 0.192. The van der Waals surface area contributed by atoms with Gasteiger partial charge < -0.3 is 15.2 Å². The number of carbonyl (C=O) groups excluding carboxylic acids is 2. The van der Waals surface area contributed by atoms with Crippen LogP contribution in [0.15, 0.2) is 35.1 Å². The number of likely N-dealkylation sites (N-methyl/N-ethyl adjacent to an activating group) is 1. The molecule has 0 unspecified atom stereocenters. The second-order valence-electron chi connectivity index (χ2n) is 6.37. The number of carbonyl (C=O) groups is 2. The molecule has 2 amide bonds. The molecule has 0 aliphatic rings. The van der Waals surface area contributed by atoms with Crippen molar-refractivity contribution in [1.82, 2.24) is 20.2 Å². The van der Waals surface area contributed by atoms with Crippen LogP contribution in [0.3, 0.4) is 0 Å². The van der Waals surface area contributed by atoms with Gasteiger partial charge in [0.05, 0.1) is 0 Å². The summed E-state index contributed by atoms with van der Waals surface area (Å²) in [7, 11) is 3.31. The Morgan fingerprint density at radius 2 is 1.85 bits per heavy atom. The van der Waals surface area contributed by atoms with E-state index in [0.717, 1.165) is 11.1 Å². The maximum atomic E-state index is 12.5. The SMILES string of the molecule is Cc1nc(=O)[nH]c(C)c1CCC(=O)N[C@H](C(=O)N(C)C)c1ccccc1. The summed E-state index contributed by atoms with van der Waals surface area (Å²) in [6.45, 7) is 3.53. The van der Waals surface area contributed by atoms with E-state index in [-0.39, 0.29) is 18.2 Å². The van der Waals surface area contributed by atoms with Crippen LogP contribution in [0, 0.1) is 13.8 Å². The van der Waals surface area contributed by atoms with Gasteiger partial charge in [0, 0.05) is 31.9 Å². The summed E-state index contributed by atoms with van der Waals surface area (Å²) < 4.78 is 0. The van der Waals surface area contributed by atoms with Crippen molar-refractivity contribution in [2.24, 2.45) is 0 Å². The lowest BCUT2D eigenvalue weighted by Crippen LogP contribution is -2.40. The fourth-order valence-corrected chi connectivity index (χ4v) is 2.79. The number of hydrogen-bond acceptors (Lipinski definition) is 4. The average molecular weight is 356 g/mol. The molecule has 7 heteroatoms. The minimum atomic E-state index is -0.727. The zero-order valence-electron chi connectivity index (χ0n) is 15.5. The number of nitrogens with zero attached hydrogens (tertiary/aromatic N) is 2. The Morgan fingerprint density at radius 3 is 2.42 bits per heavy atom. The van der Waals surface area contributed by atoms with E-state index in [9.17, 15) is 14.4 Å². The van der Waals surface area contributed by atoms with Crippen LogP contribution >= 0.6 is 0 Å². The van der Waals surface area contributed by atoms with Crippen LogP contribution in [-0.2, 0) is 16.0 Å². The fourth-order valence-electron chi connectivity index (χ4n) is 2.79. The molecule has 2 rings (SSSR count). The molecule has 0 spiro atoms. The van der Waals surface area contributed by atoms with Gasteiger partial charge in [0.2, 0.25) is 11.8 Å². The molecule has 7 nitrogen and oxygen atoms in total. The van der Waals surface area contributed by atoms with Gasteiger partial charge in [-0.15, -0.1) is 0 Å². The predicted molar refractivity (Wildman–Crippen MR) is 98.7 cm³/mol. The third-order valence-corrected chi connectivity index (χ3v) is 4.18.